The zero-order valence-corrected chi connectivity index (χ0v) is 11.7. The van der Waals surface area contributed by atoms with Crippen molar-refractivity contribution in [1.29, 1.82) is 0 Å². The Morgan fingerprint density at radius 2 is 1.75 bits per heavy atom. The minimum absolute atomic E-state index is 0.114. The van der Waals surface area contributed by atoms with E-state index in [9.17, 15) is 4.79 Å². The second-order valence-corrected chi connectivity index (χ2v) is 5.49. The number of carbonyl (C=O) groups is 1. The molecule has 3 rings (SSSR count). The third kappa shape index (κ3) is 2.74. The summed E-state index contributed by atoms with van der Waals surface area (Å²) in [5.74, 6) is 0.114. The highest BCUT2D eigenvalue weighted by Gasteiger charge is 2.17. The Bertz CT molecular complexity index is 616. The van der Waals surface area contributed by atoms with Crippen molar-refractivity contribution < 1.29 is 4.79 Å². The standard InChI is InChI=1S/C18H19NO/c1-13(20)14-6-9-17(10-7-14)19-18-11-8-15-4-2-3-5-16(15)12-18/h2-7,9-10,18-19H,8,11-12H2,1H3. The Kier molecular flexibility index (Phi) is 3.55. The van der Waals surface area contributed by atoms with Gasteiger partial charge in [0.15, 0.2) is 5.78 Å². The predicted molar refractivity (Wildman–Crippen MR) is 82.3 cm³/mol. The molecule has 0 heterocycles. The van der Waals surface area contributed by atoms with Crippen LogP contribution in [0.25, 0.3) is 0 Å². The first-order valence-electron chi connectivity index (χ1n) is 7.17. The summed E-state index contributed by atoms with van der Waals surface area (Å²) < 4.78 is 0. The predicted octanol–water partition coefficient (Wildman–Crippen LogP) is 3.86. The van der Waals surface area contributed by atoms with Gasteiger partial charge in [0.25, 0.3) is 0 Å². The molecule has 102 valence electrons. The van der Waals surface area contributed by atoms with Crippen LogP contribution in [0.2, 0.25) is 0 Å². The largest absolute Gasteiger partial charge is 0.382 e. The Morgan fingerprint density at radius 1 is 1.05 bits per heavy atom. The van der Waals surface area contributed by atoms with Crippen molar-refractivity contribution in [3.05, 3.63) is 65.2 Å². The van der Waals surface area contributed by atoms with E-state index in [0.29, 0.717) is 6.04 Å². The molecule has 0 spiro atoms. The van der Waals surface area contributed by atoms with Crippen LogP contribution in [0.1, 0.15) is 34.8 Å². The lowest BCUT2D eigenvalue weighted by atomic mass is 9.88. The van der Waals surface area contributed by atoms with Gasteiger partial charge in [0, 0.05) is 17.3 Å². The zero-order valence-electron chi connectivity index (χ0n) is 11.7. The topological polar surface area (TPSA) is 29.1 Å². The van der Waals surface area contributed by atoms with E-state index in [1.807, 2.05) is 24.3 Å². The van der Waals surface area contributed by atoms with Crippen LogP contribution in [0.3, 0.4) is 0 Å². The van der Waals surface area contributed by atoms with Crippen molar-refractivity contribution in [3.8, 4) is 0 Å². The Hall–Kier alpha value is -2.09. The first-order chi connectivity index (χ1) is 9.72. The minimum atomic E-state index is 0.114. The molecule has 0 saturated carbocycles. The van der Waals surface area contributed by atoms with Gasteiger partial charge in [-0.3, -0.25) is 4.79 Å². The number of fused-ring (bicyclic) bond motifs is 1. The van der Waals surface area contributed by atoms with Crippen LogP contribution in [0.5, 0.6) is 0 Å². The maximum absolute atomic E-state index is 11.3. The van der Waals surface area contributed by atoms with E-state index in [1.165, 1.54) is 11.1 Å². The van der Waals surface area contributed by atoms with Crippen molar-refractivity contribution in [2.45, 2.75) is 32.2 Å². The zero-order chi connectivity index (χ0) is 13.9. The van der Waals surface area contributed by atoms with Gasteiger partial charge < -0.3 is 5.32 Å². The summed E-state index contributed by atoms with van der Waals surface area (Å²) in [6.45, 7) is 1.60. The van der Waals surface area contributed by atoms with E-state index in [-0.39, 0.29) is 5.78 Å². The molecule has 0 fully saturated rings. The lowest BCUT2D eigenvalue weighted by Crippen LogP contribution is -2.27. The maximum atomic E-state index is 11.3. The van der Waals surface area contributed by atoms with Crippen molar-refractivity contribution in [3.63, 3.8) is 0 Å². The highest BCUT2D eigenvalue weighted by molar-refractivity contribution is 5.94. The number of ketones is 1. The summed E-state index contributed by atoms with van der Waals surface area (Å²) in [6, 6.07) is 16.9. The number of benzene rings is 2. The van der Waals surface area contributed by atoms with Gasteiger partial charge in [-0.05, 0) is 61.6 Å². The molecule has 1 N–H and O–H groups in total. The summed E-state index contributed by atoms with van der Waals surface area (Å²) in [5, 5.41) is 3.58. The number of nitrogens with one attached hydrogen (secondary N) is 1. The molecular formula is C18H19NO. The van der Waals surface area contributed by atoms with E-state index in [0.717, 1.165) is 30.5 Å². The van der Waals surface area contributed by atoms with Gasteiger partial charge >= 0.3 is 0 Å². The fourth-order valence-electron chi connectivity index (χ4n) is 2.86. The molecule has 2 heteroatoms. The van der Waals surface area contributed by atoms with Crippen molar-refractivity contribution in [2.75, 3.05) is 5.32 Å². The van der Waals surface area contributed by atoms with Crippen LogP contribution in [-0.2, 0) is 12.8 Å². The van der Waals surface area contributed by atoms with E-state index in [2.05, 4.69) is 29.6 Å². The molecule has 20 heavy (non-hydrogen) atoms. The van der Waals surface area contributed by atoms with E-state index < -0.39 is 0 Å². The smallest absolute Gasteiger partial charge is 0.159 e. The molecule has 1 unspecified atom stereocenters. The maximum Gasteiger partial charge on any atom is 0.159 e. The summed E-state index contributed by atoms with van der Waals surface area (Å²) in [4.78, 5) is 11.3. The van der Waals surface area contributed by atoms with Gasteiger partial charge in [0.1, 0.15) is 0 Å². The molecule has 0 amide bonds. The fourth-order valence-corrected chi connectivity index (χ4v) is 2.86. The Balaban J connectivity index is 1.69. The molecule has 0 saturated heterocycles. The first kappa shape index (κ1) is 12.9. The molecule has 2 aromatic carbocycles. The van der Waals surface area contributed by atoms with Gasteiger partial charge in [-0.1, -0.05) is 24.3 Å². The highest BCUT2D eigenvalue weighted by atomic mass is 16.1. The molecule has 0 radical (unpaired) electrons. The van der Waals surface area contributed by atoms with Crippen LogP contribution >= 0.6 is 0 Å². The summed E-state index contributed by atoms with van der Waals surface area (Å²) >= 11 is 0. The first-order valence-corrected chi connectivity index (χ1v) is 7.17. The number of hydrogen-bond acceptors (Lipinski definition) is 2. The van der Waals surface area contributed by atoms with Gasteiger partial charge in [0.05, 0.1) is 0 Å². The number of hydrogen-bond donors (Lipinski definition) is 1. The van der Waals surface area contributed by atoms with Crippen LogP contribution in [0, 0.1) is 0 Å². The van der Waals surface area contributed by atoms with Crippen LogP contribution in [0.15, 0.2) is 48.5 Å². The van der Waals surface area contributed by atoms with Crippen molar-refractivity contribution in [2.24, 2.45) is 0 Å². The minimum Gasteiger partial charge on any atom is -0.382 e. The molecule has 1 aliphatic carbocycles. The van der Waals surface area contributed by atoms with E-state index in [1.54, 1.807) is 6.92 Å². The lowest BCUT2D eigenvalue weighted by Gasteiger charge is -2.26. The molecule has 1 aliphatic rings. The average molecular weight is 265 g/mol. The fraction of sp³-hybridized carbons (Fsp3) is 0.278. The Labute approximate surface area is 119 Å². The third-order valence-electron chi connectivity index (χ3n) is 4.01. The van der Waals surface area contributed by atoms with Gasteiger partial charge in [0.2, 0.25) is 0 Å². The third-order valence-corrected chi connectivity index (χ3v) is 4.01. The molecule has 2 nitrogen and oxygen atoms in total. The second-order valence-electron chi connectivity index (χ2n) is 5.49. The van der Waals surface area contributed by atoms with Gasteiger partial charge in [-0.25, -0.2) is 0 Å². The normalized spacial score (nSPS) is 17.4. The number of anilines is 1. The van der Waals surface area contributed by atoms with Crippen LogP contribution in [0.4, 0.5) is 5.69 Å². The SMILES string of the molecule is CC(=O)c1ccc(NC2CCc3ccccc3C2)cc1. The van der Waals surface area contributed by atoms with Crippen LogP contribution < -0.4 is 5.32 Å². The van der Waals surface area contributed by atoms with E-state index >= 15 is 0 Å². The quantitative estimate of drug-likeness (QED) is 0.854. The molecular weight excluding hydrogens is 246 g/mol. The van der Waals surface area contributed by atoms with Crippen molar-refractivity contribution in [1.82, 2.24) is 0 Å². The average Bonchev–Trinajstić information content (AvgIpc) is 2.48. The Morgan fingerprint density at radius 3 is 2.45 bits per heavy atom. The van der Waals surface area contributed by atoms with E-state index in [4.69, 9.17) is 0 Å². The summed E-state index contributed by atoms with van der Waals surface area (Å²) in [5.41, 5.74) is 4.80. The van der Waals surface area contributed by atoms with Gasteiger partial charge in [-0.2, -0.15) is 0 Å². The summed E-state index contributed by atoms with van der Waals surface area (Å²) in [6.07, 6.45) is 3.37. The number of rotatable bonds is 3. The second kappa shape index (κ2) is 5.49. The molecule has 0 aliphatic heterocycles. The number of aryl methyl sites for hydroxylation is 1. The lowest BCUT2D eigenvalue weighted by molar-refractivity contribution is 0.101. The monoisotopic (exact) mass is 265 g/mol. The number of carbonyl (C=O) groups excluding carboxylic acids is 1. The number of Topliss-reactive ketones (excluding diaryl/α,β-unsaturated/α-hetero) is 1. The highest BCUT2D eigenvalue weighted by Crippen LogP contribution is 2.23. The molecule has 0 bridgehead atoms. The molecule has 1 atom stereocenters. The van der Waals surface area contributed by atoms with Crippen LogP contribution in [-0.4, -0.2) is 11.8 Å². The molecule has 0 aromatic heterocycles. The van der Waals surface area contributed by atoms with Gasteiger partial charge in [-0.15, -0.1) is 0 Å². The summed E-state index contributed by atoms with van der Waals surface area (Å²) in [7, 11) is 0. The van der Waals surface area contributed by atoms with Crippen molar-refractivity contribution >= 4 is 11.5 Å². The molecule has 2 aromatic rings.